The third-order valence-corrected chi connectivity index (χ3v) is 3.77. The van der Waals surface area contributed by atoms with Crippen molar-refractivity contribution in [1.82, 2.24) is 0 Å². The fourth-order valence-corrected chi connectivity index (χ4v) is 2.52. The topological polar surface area (TPSA) is 42.7 Å². The molecule has 2 aromatic carbocycles. The highest BCUT2D eigenvalue weighted by atomic mass is 16.5. The molecule has 1 heterocycles. The zero-order chi connectivity index (χ0) is 17.5. The smallest absolute Gasteiger partial charge is 0.251 e. The molecule has 0 atom stereocenters. The lowest BCUT2D eigenvalue weighted by molar-refractivity contribution is -0.114. The van der Waals surface area contributed by atoms with Crippen LogP contribution < -0.4 is 9.64 Å². The SMILES string of the molecule is COc1ccccc1/C=C/C(=O)N(Cc1ccco1)c1ccccc1. The molecule has 3 rings (SSSR count). The quantitative estimate of drug-likeness (QED) is 0.622. The predicted molar refractivity (Wildman–Crippen MR) is 98.4 cm³/mol. The molecular formula is C21H19NO3. The van der Waals surface area contributed by atoms with Crippen molar-refractivity contribution in [3.05, 3.63) is 90.4 Å². The number of rotatable bonds is 6. The maximum atomic E-state index is 12.8. The average Bonchev–Trinajstić information content (AvgIpc) is 3.18. The molecule has 25 heavy (non-hydrogen) atoms. The second-order valence-electron chi connectivity index (χ2n) is 5.41. The number of ether oxygens (including phenoxy) is 1. The molecule has 0 radical (unpaired) electrons. The number of para-hydroxylation sites is 2. The van der Waals surface area contributed by atoms with Crippen molar-refractivity contribution in [3.63, 3.8) is 0 Å². The Morgan fingerprint density at radius 2 is 1.80 bits per heavy atom. The van der Waals surface area contributed by atoms with Gasteiger partial charge in [-0.15, -0.1) is 0 Å². The number of anilines is 1. The van der Waals surface area contributed by atoms with Gasteiger partial charge in [0.2, 0.25) is 0 Å². The second-order valence-corrected chi connectivity index (χ2v) is 5.41. The Morgan fingerprint density at radius 1 is 1.04 bits per heavy atom. The van der Waals surface area contributed by atoms with E-state index in [0.717, 1.165) is 22.8 Å². The fraction of sp³-hybridized carbons (Fsp3) is 0.0952. The molecular weight excluding hydrogens is 314 g/mol. The lowest BCUT2D eigenvalue weighted by Crippen LogP contribution is -2.28. The minimum Gasteiger partial charge on any atom is -0.496 e. The van der Waals surface area contributed by atoms with Crippen molar-refractivity contribution in [1.29, 1.82) is 0 Å². The van der Waals surface area contributed by atoms with Crippen molar-refractivity contribution < 1.29 is 13.9 Å². The first kappa shape index (κ1) is 16.6. The number of methoxy groups -OCH3 is 1. The van der Waals surface area contributed by atoms with Crippen LogP contribution in [-0.4, -0.2) is 13.0 Å². The second kappa shape index (κ2) is 8.02. The van der Waals surface area contributed by atoms with Crippen LogP contribution in [0.5, 0.6) is 5.75 Å². The molecule has 1 amide bonds. The van der Waals surface area contributed by atoms with Crippen LogP contribution in [0.1, 0.15) is 11.3 Å². The van der Waals surface area contributed by atoms with E-state index in [4.69, 9.17) is 9.15 Å². The summed E-state index contributed by atoms with van der Waals surface area (Å²) in [5, 5.41) is 0. The van der Waals surface area contributed by atoms with Crippen molar-refractivity contribution in [2.45, 2.75) is 6.54 Å². The van der Waals surface area contributed by atoms with Crippen molar-refractivity contribution in [2.75, 3.05) is 12.0 Å². The van der Waals surface area contributed by atoms with E-state index in [1.807, 2.05) is 66.7 Å². The first-order valence-corrected chi connectivity index (χ1v) is 7.98. The van der Waals surface area contributed by atoms with Gasteiger partial charge in [0.25, 0.3) is 5.91 Å². The Hall–Kier alpha value is -3.27. The zero-order valence-corrected chi connectivity index (χ0v) is 14.0. The van der Waals surface area contributed by atoms with Gasteiger partial charge in [-0.25, -0.2) is 0 Å². The lowest BCUT2D eigenvalue weighted by Gasteiger charge is -2.20. The van der Waals surface area contributed by atoms with Crippen LogP contribution in [0.4, 0.5) is 5.69 Å². The van der Waals surface area contributed by atoms with Crippen LogP contribution in [-0.2, 0) is 11.3 Å². The Morgan fingerprint density at radius 3 is 2.52 bits per heavy atom. The molecule has 0 fully saturated rings. The first-order valence-electron chi connectivity index (χ1n) is 7.98. The van der Waals surface area contributed by atoms with Crippen LogP contribution in [0.3, 0.4) is 0 Å². The fourth-order valence-electron chi connectivity index (χ4n) is 2.52. The average molecular weight is 333 g/mol. The number of nitrogens with zero attached hydrogens (tertiary/aromatic N) is 1. The predicted octanol–water partition coefficient (Wildman–Crippen LogP) is 4.53. The molecule has 4 nitrogen and oxygen atoms in total. The van der Waals surface area contributed by atoms with E-state index in [1.54, 1.807) is 30.4 Å². The van der Waals surface area contributed by atoms with E-state index in [0.29, 0.717) is 6.54 Å². The summed E-state index contributed by atoms with van der Waals surface area (Å²) in [5.41, 5.74) is 1.66. The molecule has 3 aromatic rings. The molecule has 0 aliphatic carbocycles. The number of carbonyl (C=O) groups excluding carboxylic acids is 1. The molecule has 0 N–H and O–H groups in total. The van der Waals surface area contributed by atoms with Crippen molar-refractivity contribution >= 4 is 17.7 Å². The lowest BCUT2D eigenvalue weighted by atomic mass is 10.2. The summed E-state index contributed by atoms with van der Waals surface area (Å²) in [6, 6.07) is 20.8. The minimum atomic E-state index is -0.131. The van der Waals surface area contributed by atoms with Gasteiger partial charge >= 0.3 is 0 Å². The molecule has 0 spiro atoms. The van der Waals surface area contributed by atoms with Crippen LogP contribution in [0, 0.1) is 0 Å². The van der Waals surface area contributed by atoms with E-state index < -0.39 is 0 Å². The molecule has 0 unspecified atom stereocenters. The van der Waals surface area contributed by atoms with E-state index in [2.05, 4.69) is 0 Å². The summed E-state index contributed by atoms with van der Waals surface area (Å²) in [5.74, 6) is 1.32. The molecule has 0 aliphatic heterocycles. The van der Waals surface area contributed by atoms with Crippen LogP contribution in [0.15, 0.2) is 83.5 Å². The molecule has 0 saturated carbocycles. The van der Waals surface area contributed by atoms with Gasteiger partial charge in [-0.05, 0) is 36.4 Å². The Labute approximate surface area is 147 Å². The highest BCUT2D eigenvalue weighted by Crippen LogP contribution is 2.21. The number of amides is 1. The molecule has 4 heteroatoms. The van der Waals surface area contributed by atoms with Gasteiger partial charge in [0.15, 0.2) is 0 Å². The number of benzene rings is 2. The Balaban J connectivity index is 1.85. The van der Waals surface area contributed by atoms with Gasteiger partial charge in [-0.3, -0.25) is 4.79 Å². The van der Waals surface area contributed by atoms with Crippen molar-refractivity contribution in [3.8, 4) is 5.75 Å². The van der Waals surface area contributed by atoms with Crippen molar-refractivity contribution in [2.24, 2.45) is 0 Å². The van der Waals surface area contributed by atoms with Gasteiger partial charge < -0.3 is 14.1 Å². The Bertz CT molecular complexity index is 839. The molecule has 126 valence electrons. The summed E-state index contributed by atoms with van der Waals surface area (Å²) in [6.07, 6.45) is 4.92. The zero-order valence-electron chi connectivity index (χ0n) is 14.0. The standard InChI is InChI=1S/C21H19NO3/c1-24-20-12-6-5-8-17(20)13-14-21(23)22(16-19-11-7-15-25-19)18-9-3-2-4-10-18/h2-15H,16H2,1H3/b14-13+. The van der Waals surface area contributed by atoms with E-state index >= 15 is 0 Å². The third-order valence-electron chi connectivity index (χ3n) is 3.77. The monoisotopic (exact) mass is 333 g/mol. The summed E-state index contributed by atoms with van der Waals surface area (Å²) in [4.78, 5) is 14.5. The van der Waals surface area contributed by atoms with Gasteiger partial charge in [0, 0.05) is 17.3 Å². The number of hydrogen-bond acceptors (Lipinski definition) is 3. The number of furan rings is 1. The van der Waals surface area contributed by atoms with E-state index in [1.165, 1.54) is 0 Å². The number of carbonyl (C=O) groups is 1. The van der Waals surface area contributed by atoms with E-state index in [-0.39, 0.29) is 5.91 Å². The largest absolute Gasteiger partial charge is 0.496 e. The highest BCUT2D eigenvalue weighted by molar-refractivity contribution is 6.03. The summed E-state index contributed by atoms with van der Waals surface area (Å²) in [6.45, 7) is 0.367. The van der Waals surface area contributed by atoms with Crippen LogP contribution in [0.2, 0.25) is 0 Å². The van der Waals surface area contributed by atoms with Crippen LogP contribution in [0.25, 0.3) is 6.08 Å². The summed E-state index contributed by atoms with van der Waals surface area (Å²) < 4.78 is 10.7. The van der Waals surface area contributed by atoms with E-state index in [9.17, 15) is 4.79 Å². The van der Waals surface area contributed by atoms with Gasteiger partial charge in [0.05, 0.1) is 19.9 Å². The normalized spacial score (nSPS) is 10.8. The Kier molecular flexibility index (Phi) is 5.32. The molecule has 0 bridgehead atoms. The minimum absolute atomic E-state index is 0.131. The summed E-state index contributed by atoms with van der Waals surface area (Å²) >= 11 is 0. The number of hydrogen-bond donors (Lipinski definition) is 0. The van der Waals surface area contributed by atoms with Gasteiger partial charge in [-0.1, -0.05) is 36.4 Å². The first-order chi connectivity index (χ1) is 12.3. The van der Waals surface area contributed by atoms with Crippen LogP contribution >= 0.6 is 0 Å². The van der Waals surface area contributed by atoms with Gasteiger partial charge in [-0.2, -0.15) is 0 Å². The molecule has 0 saturated heterocycles. The highest BCUT2D eigenvalue weighted by Gasteiger charge is 2.15. The summed E-state index contributed by atoms with van der Waals surface area (Å²) in [7, 11) is 1.61. The third kappa shape index (κ3) is 4.18. The maximum Gasteiger partial charge on any atom is 0.251 e. The maximum absolute atomic E-state index is 12.8. The molecule has 0 aliphatic rings. The molecule has 1 aromatic heterocycles. The van der Waals surface area contributed by atoms with Gasteiger partial charge in [0.1, 0.15) is 11.5 Å².